The Balaban J connectivity index is 1.62. The van der Waals surface area contributed by atoms with Crippen LogP contribution >= 0.6 is 0 Å². The van der Waals surface area contributed by atoms with Crippen LogP contribution in [0.1, 0.15) is 25.3 Å². The Hall–Kier alpha value is -3.05. The molecule has 0 bridgehead atoms. The fourth-order valence-corrected chi connectivity index (χ4v) is 4.26. The number of aromatic amines is 1. The molecule has 4 aromatic rings. The predicted octanol–water partition coefficient (Wildman–Crippen LogP) is 5.76. The first-order valence-electron chi connectivity index (χ1n) is 9.23. The van der Waals surface area contributed by atoms with Crippen LogP contribution in [-0.2, 0) is 10.0 Å². The maximum atomic E-state index is 12.7. The van der Waals surface area contributed by atoms with Gasteiger partial charge in [0.1, 0.15) is 0 Å². The van der Waals surface area contributed by atoms with Crippen molar-refractivity contribution < 1.29 is 8.42 Å². The van der Waals surface area contributed by atoms with Crippen molar-refractivity contribution in [1.29, 1.82) is 0 Å². The summed E-state index contributed by atoms with van der Waals surface area (Å²) < 4.78 is 28.1. The normalized spacial score (nSPS) is 11.8. The van der Waals surface area contributed by atoms with Gasteiger partial charge in [-0.15, -0.1) is 0 Å². The van der Waals surface area contributed by atoms with Crippen molar-refractivity contribution in [3.05, 3.63) is 84.4 Å². The highest BCUT2D eigenvalue weighted by Gasteiger charge is 2.15. The molecular formula is C23H22N2O2S. The molecule has 0 unspecified atom stereocenters. The lowest BCUT2D eigenvalue weighted by Gasteiger charge is -2.10. The van der Waals surface area contributed by atoms with E-state index in [1.165, 1.54) is 0 Å². The van der Waals surface area contributed by atoms with Gasteiger partial charge in [0.05, 0.1) is 4.90 Å². The average molecular weight is 391 g/mol. The Kier molecular flexibility index (Phi) is 4.69. The lowest BCUT2D eigenvalue weighted by atomic mass is 10.0. The zero-order valence-electron chi connectivity index (χ0n) is 15.8. The van der Waals surface area contributed by atoms with E-state index >= 15 is 0 Å². The second-order valence-electron chi connectivity index (χ2n) is 7.18. The minimum atomic E-state index is -3.63. The Morgan fingerprint density at radius 3 is 2.25 bits per heavy atom. The molecule has 0 saturated carbocycles. The van der Waals surface area contributed by atoms with Crippen molar-refractivity contribution in [1.82, 2.24) is 4.98 Å². The molecule has 0 spiro atoms. The van der Waals surface area contributed by atoms with E-state index in [-0.39, 0.29) is 4.90 Å². The minimum Gasteiger partial charge on any atom is -0.355 e. The van der Waals surface area contributed by atoms with Gasteiger partial charge in [-0.1, -0.05) is 56.3 Å². The summed E-state index contributed by atoms with van der Waals surface area (Å²) in [7, 11) is -3.63. The molecule has 2 N–H and O–H groups in total. The van der Waals surface area contributed by atoms with Gasteiger partial charge in [-0.3, -0.25) is 4.72 Å². The number of hydrogen-bond donors (Lipinski definition) is 2. The van der Waals surface area contributed by atoms with Crippen molar-refractivity contribution in [2.75, 3.05) is 4.72 Å². The summed E-state index contributed by atoms with van der Waals surface area (Å²) in [6.45, 7) is 4.16. The molecule has 4 nitrogen and oxygen atoms in total. The predicted molar refractivity (Wildman–Crippen MR) is 115 cm³/mol. The van der Waals surface area contributed by atoms with Crippen LogP contribution in [0, 0.1) is 0 Å². The summed E-state index contributed by atoms with van der Waals surface area (Å²) in [5.41, 5.74) is 4.70. The molecule has 0 aliphatic rings. The second-order valence-corrected chi connectivity index (χ2v) is 8.86. The molecular weight excluding hydrogens is 368 g/mol. The van der Waals surface area contributed by atoms with Gasteiger partial charge >= 0.3 is 0 Å². The van der Waals surface area contributed by atoms with Crippen LogP contribution in [-0.4, -0.2) is 13.4 Å². The molecule has 1 aromatic heterocycles. The molecule has 5 heteroatoms. The van der Waals surface area contributed by atoms with Gasteiger partial charge in [0.2, 0.25) is 0 Å². The molecule has 28 heavy (non-hydrogen) atoms. The standard InChI is InChI=1S/C23H22N2O2S/c1-16(2)17-8-11-21(12-9-17)28(26,27)25-20-10-13-22-19(14-20)15-23(24-22)18-6-4-3-5-7-18/h3-16,24-25H,1-2H3. The van der Waals surface area contributed by atoms with E-state index in [9.17, 15) is 8.42 Å². The number of H-pyrrole nitrogens is 1. The lowest BCUT2D eigenvalue weighted by Crippen LogP contribution is -2.12. The molecule has 0 atom stereocenters. The van der Waals surface area contributed by atoms with Crippen molar-refractivity contribution in [3.63, 3.8) is 0 Å². The number of nitrogens with one attached hydrogen (secondary N) is 2. The van der Waals surface area contributed by atoms with Crippen LogP contribution in [0.2, 0.25) is 0 Å². The quantitative estimate of drug-likeness (QED) is 0.455. The smallest absolute Gasteiger partial charge is 0.261 e. The summed E-state index contributed by atoms with van der Waals surface area (Å²) in [6, 6.07) is 24.6. The van der Waals surface area contributed by atoms with Gasteiger partial charge < -0.3 is 4.98 Å². The van der Waals surface area contributed by atoms with E-state index in [1.807, 2.05) is 60.7 Å². The molecule has 1 heterocycles. The third-order valence-corrected chi connectivity index (χ3v) is 6.21. The second kappa shape index (κ2) is 7.17. The van der Waals surface area contributed by atoms with E-state index in [4.69, 9.17) is 0 Å². The number of fused-ring (bicyclic) bond motifs is 1. The summed E-state index contributed by atoms with van der Waals surface area (Å²) in [4.78, 5) is 3.63. The van der Waals surface area contributed by atoms with Gasteiger partial charge in [0.15, 0.2) is 0 Å². The Bertz CT molecular complexity index is 1210. The largest absolute Gasteiger partial charge is 0.355 e. The summed E-state index contributed by atoms with van der Waals surface area (Å²) in [5.74, 6) is 0.361. The van der Waals surface area contributed by atoms with Gasteiger partial charge in [-0.05, 0) is 53.4 Å². The molecule has 0 radical (unpaired) electrons. The van der Waals surface area contributed by atoms with Crippen LogP contribution in [0.4, 0.5) is 5.69 Å². The third-order valence-electron chi connectivity index (χ3n) is 4.81. The van der Waals surface area contributed by atoms with Crippen molar-refractivity contribution in [3.8, 4) is 11.3 Å². The zero-order chi connectivity index (χ0) is 19.7. The van der Waals surface area contributed by atoms with E-state index in [1.54, 1.807) is 18.2 Å². The van der Waals surface area contributed by atoms with Gasteiger partial charge in [0.25, 0.3) is 10.0 Å². The first kappa shape index (κ1) is 18.3. The molecule has 0 saturated heterocycles. The highest BCUT2D eigenvalue weighted by atomic mass is 32.2. The Morgan fingerprint density at radius 2 is 1.57 bits per heavy atom. The van der Waals surface area contributed by atoms with Crippen LogP contribution < -0.4 is 4.72 Å². The van der Waals surface area contributed by atoms with E-state index in [2.05, 4.69) is 23.6 Å². The zero-order valence-corrected chi connectivity index (χ0v) is 16.6. The maximum absolute atomic E-state index is 12.7. The minimum absolute atomic E-state index is 0.260. The summed E-state index contributed by atoms with van der Waals surface area (Å²) in [5, 5.41) is 0.953. The van der Waals surface area contributed by atoms with Crippen molar-refractivity contribution in [2.45, 2.75) is 24.7 Å². The summed E-state index contributed by atoms with van der Waals surface area (Å²) >= 11 is 0. The van der Waals surface area contributed by atoms with Gasteiger partial charge in [-0.2, -0.15) is 0 Å². The number of rotatable bonds is 5. The van der Waals surface area contributed by atoms with Crippen LogP contribution in [0.15, 0.2) is 83.8 Å². The molecule has 0 aliphatic carbocycles. The number of benzene rings is 3. The van der Waals surface area contributed by atoms with Gasteiger partial charge in [0, 0.05) is 22.3 Å². The maximum Gasteiger partial charge on any atom is 0.261 e. The summed E-state index contributed by atoms with van der Waals surface area (Å²) in [6.07, 6.45) is 0. The number of aromatic nitrogens is 1. The van der Waals surface area contributed by atoms with Crippen LogP contribution in [0.5, 0.6) is 0 Å². The van der Waals surface area contributed by atoms with E-state index in [0.29, 0.717) is 11.6 Å². The van der Waals surface area contributed by atoms with Crippen molar-refractivity contribution >= 4 is 26.6 Å². The number of sulfonamides is 1. The highest BCUT2D eigenvalue weighted by molar-refractivity contribution is 7.92. The first-order chi connectivity index (χ1) is 13.4. The Morgan fingerprint density at radius 1 is 0.857 bits per heavy atom. The number of hydrogen-bond acceptors (Lipinski definition) is 2. The Labute approximate surface area is 165 Å². The first-order valence-corrected chi connectivity index (χ1v) is 10.7. The molecule has 0 fully saturated rings. The molecule has 0 aliphatic heterocycles. The van der Waals surface area contributed by atoms with Crippen LogP contribution in [0.3, 0.4) is 0 Å². The molecule has 142 valence electrons. The topological polar surface area (TPSA) is 62.0 Å². The van der Waals surface area contributed by atoms with Gasteiger partial charge in [-0.25, -0.2) is 8.42 Å². The molecule has 4 rings (SSSR count). The lowest BCUT2D eigenvalue weighted by molar-refractivity contribution is 0.601. The fraction of sp³-hybridized carbons (Fsp3) is 0.130. The van der Waals surface area contributed by atoms with Crippen molar-refractivity contribution in [2.24, 2.45) is 0 Å². The monoisotopic (exact) mass is 390 g/mol. The van der Waals surface area contributed by atoms with E-state index < -0.39 is 10.0 Å². The van der Waals surface area contributed by atoms with E-state index in [0.717, 1.165) is 27.7 Å². The number of anilines is 1. The SMILES string of the molecule is CC(C)c1ccc(S(=O)(=O)Nc2ccc3[nH]c(-c4ccccc4)cc3c2)cc1. The third kappa shape index (κ3) is 3.66. The molecule has 0 amide bonds. The van der Waals surface area contributed by atoms with Crippen LogP contribution in [0.25, 0.3) is 22.2 Å². The fourth-order valence-electron chi connectivity index (χ4n) is 3.22. The highest BCUT2D eigenvalue weighted by Crippen LogP contribution is 2.27. The molecule has 3 aromatic carbocycles. The average Bonchev–Trinajstić information content (AvgIpc) is 3.12.